The number of ether oxygens (including phenoxy) is 1. The second-order valence-electron chi connectivity index (χ2n) is 7.90. The summed E-state index contributed by atoms with van der Waals surface area (Å²) in [6.45, 7) is 10.8. The number of rotatable bonds is 8. The van der Waals surface area contributed by atoms with Crippen molar-refractivity contribution in [3.63, 3.8) is 0 Å². The largest absolute Gasteiger partial charge is 0.456 e. The number of allylic oxidation sites excluding steroid dienone is 2. The van der Waals surface area contributed by atoms with Crippen LogP contribution in [0.5, 0.6) is 11.5 Å². The summed E-state index contributed by atoms with van der Waals surface area (Å²) >= 11 is 0. The number of benzene rings is 1. The van der Waals surface area contributed by atoms with Gasteiger partial charge < -0.3 is 26.4 Å². The Labute approximate surface area is 193 Å². The van der Waals surface area contributed by atoms with Crippen molar-refractivity contribution in [1.82, 2.24) is 15.2 Å². The fourth-order valence-corrected chi connectivity index (χ4v) is 3.42. The summed E-state index contributed by atoms with van der Waals surface area (Å²) in [5.41, 5.74) is 14.0. The van der Waals surface area contributed by atoms with E-state index in [4.69, 9.17) is 16.2 Å². The molecule has 0 spiro atoms. The quantitative estimate of drug-likeness (QED) is 0.324. The molecule has 2 heterocycles. The number of aromatic nitrogens is 1. The van der Waals surface area contributed by atoms with Crippen molar-refractivity contribution in [2.75, 3.05) is 25.9 Å². The van der Waals surface area contributed by atoms with Gasteiger partial charge in [-0.3, -0.25) is 9.79 Å². The van der Waals surface area contributed by atoms with Gasteiger partial charge in [-0.05, 0) is 64.0 Å². The Morgan fingerprint density at radius 1 is 1.33 bits per heavy atom. The van der Waals surface area contributed by atoms with Crippen LogP contribution in [0.2, 0.25) is 0 Å². The maximum atomic E-state index is 12.5. The number of likely N-dealkylation sites (N-methyl/N-ethyl adjacent to an activating group) is 1. The van der Waals surface area contributed by atoms with E-state index in [1.807, 2.05) is 7.05 Å². The number of aliphatic imine (C=N–C) groups is 2. The van der Waals surface area contributed by atoms with Crippen LogP contribution >= 0.6 is 0 Å². The molecule has 1 unspecified atom stereocenters. The van der Waals surface area contributed by atoms with Gasteiger partial charge in [0.25, 0.3) is 5.91 Å². The number of nitrogen functional groups attached to an aromatic ring is 1. The number of nitrogens with one attached hydrogen (secondary N) is 1. The maximum Gasteiger partial charge on any atom is 0.256 e. The van der Waals surface area contributed by atoms with Crippen LogP contribution in [-0.4, -0.2) is 54.5 Å². The Bertz CT molecular complexity index is 1110. The van der Waals surface area contributed by atoms with Crippen molar-refractivity contribution < 1.29 is 9.53 Å². The molecule has 1 fully saturated rings. The number of amidine groups is 1. The molecule has 172 valence electrons. The molecule has 2 aromatic rings. The van der Waals surface area contributed by atoms with Crippen molar-refractivity contribution >= 4 is 24.3 Å². The van der Waals surface area contributed by atoms with Crippen molar-refractivity contribution in [2.24, 2.45) is 15.7 Å². The van der Waals surface area contributed by atoms with Gasteiger partial charge in [0.2, 0.25) is 0 Å². The number of carbonyl (C=O) groups is 1. The molecule has 1 amide bonds. The standard InChI is InChI=1S/C24H29N7O2/c1-15(2)13-20(27-3)30-24(32)16-5-7-18(8-6-16)33-19-9-11-28-22(25)21(19)23(26)29-17-10-12-31(4)14-17/h5-9,11,13,17H,1,3,10,12,14H2,2,4H3,(H2,25,28)(H2,26,29)(H,30,32)/b20-13+. The van der Waals surface area contributed by atoms with Gasteiger partial charge in [-0.15, -0.1) is 0 Å². The third kappa shape index (κ3) is 6.27. The fraction of sp³-hybridized carbons (Fsp3) is 0.250. The first-order valence-corrected chi connectivity index (χ1v) is 10.5. The second-order valence-corrected chi connectivity index (χ2v) is 7.90. The Kier molecular flexibility index (Phi) is 7.57. The third-order valence-electron chi connectivity index (χ3n) is 5.03. The number of anilines is 1. The van der Waals surface area contributed by atoms with Gasteiger partial charge in [-0.25, -0.2) is 9.98 Å². The average molecular weight is 448 g/mol. The van der Waals surface area contributed by atoms with Gasteiger partial charge in [0.05, 0.1) is 6.04 Å². The van der Waals surface area contributed by atoms with Crippen molar-refractivity contribution in [3.8, 4) is 11.5 Å². The number of nitrogens with zero attached hydrogens (tertiary/aromatic N) is 4. The summed E-state index contributed by atoms with van der Waals surface area (Å²) in [6.07, 6.45) is 4.11. The van der Waals surface area contributed by atoms with Crippen LogP contribution in [0.25, 0.3) is 0 Å². The highest BCUT2D eigenvalue weighted by Gasteiger charge is 2.21. The predicted molar refractivity (Wildman–Crippen MR) is 132 cm³/mol. The number of amides is 1. The molecule has 0 radical (unpaired) electrons. The molecule has 1 aliphatic rings. The minimum atomic E-state index is -0.326. The van der Waals surface area contributed by atoms with Crippen molar-refractivity contribution in [1.29, 1.82) is 0 Å². The van der Waals surface area contributed by atoms with E-state index in [0.29, 0.717) is 34.3 Å². The number of hydrogen-bond donors (Lipinski definition) is 3. The summed E-state index contributed by atoms with van der Waals surface area (Å²) in [7, 11) is 2.05. The molecule has 3 rings (SSSR count). The summed E-state index contributed by atoms with van der Waals surface area (Å²) in [5.74, 6) is 1.48. The minimum Gasteiger partial charge on any atom is -0.456 e. The Hall–Kier alpha value is -3.98. The SMILES string of the molecule is C=N/C(=C\C(=C)C)NC(=O)c1ccc(Oc2ccnc(N)c2C(N)=NC2CCN(C)C2)cc1. The van der Waals surface area contributed by atoms with Crippen LogP contribution in [0.3, 0.4) is 0 Å². The fourth-order valence-electron chi connectivity index (χ4n) is 3.42. The smallest absolute Gasteiger partial charge is 0.256 e. The first kappa shape index (κ1) is 23.7. The zero-order chi connectivity index (χ0) is 24.0. The molecule has 0 saturated carbocycles. The monoisotopic (exact) mass is 447 g/mol. The molecule has 1 aromatic heterocycles. The minimum absolute atomic E-state index is 0.106. The molecular formula is C24H29N7O2. The molecule has 5 N–H and O–H groups in total. The van der Waals surface area contributed by atoms with E-state index in [1.165, 1.54) is 0 Å². The van der Waals surface area contributed by atoms with E-state index in [0.717, 1.165) is 25.1 Å². The lowest BCUT2D eigenvalue weighted by Gasteiger charge is -2.14. The van der Waals surface area contributed by atoms with E-state index >= 15 is 0 Å². The molecule has 9 heteroatoms. The lowest BCUT2D eigenvalue weighted by Crippen LogP contribution is -2.22. The van der Waals surface area contributed by atoms with E-state index in [-0.39, 0.29) is 17.8 Å². The van der Waals surface area contributed by atoms with E-state index in [2.05, 4.69) is 38.5 Å². The number of carbonyl (C=O) groups excluding carboxylic acids is 1. The third-order valence-corrected chi connectivity index (χ3v) is 5.03. The lowest BCUT2D eigenvalue weighted by molar-refractivity contribution is 0.0965. The zero-order valence-corrected chi connectivity index (χ0v) is 18.9. The second kappa shape index (κ2) is 10.6. The van der Waals surface area contributed by atoms with Crippen LogP contribution in [0.15, 0.2) is 70.6 Å². The molecule has 0 aliphatic carbocycles. The number of pyridine rings is 1. The highest BCUT2D eigenvalue weighted by Crippen LogP contribution is 2.28. The van der Waals surface area contributed by atoms with Crippen molar-refractivity contribution in [2.45, 2.75) is 19.4 Å². The molecule has 33 heavy (non-hydrogen) atoms. The first-order chi connectivity index (χ1) is 15.8. The Morgan fingerprint density at radius 2 is 2.06 bits per heavy atom. The Morgan fingerprint density at radius 3 is 2.67 bits per heavy atom. The summed E-state index contributed by atoms with van der Waals surface area (Å²) < 4.78 is 6.01. The van der Waals surface area contributed by atoms with Gasteiger partial charge in [0.1, 0.15) is 34.5 Å². The molecule has 1 aromatic carbocycles. The van der Waals surface area contributed by atoms with Crippen LogP contribution in [-0.2, 0) is 0 Å². The van der Waals surface area contributed by atoms with Gasteiger partial charge >= 0.3 is 0 Å². The summed E-state index contributed by atoms with van der Waals surface area (Å²) in [6, 6.07) is 8.43. The maximum absolute atomic E-state index is 12.5. The van der Waals surface area contributed by atoms with E-state index < -0.39 is 0 Å². The Balaban J connectivity index is 1.77. The van der Waals surface area contributed by atoms with Gasteiger partial charge in [0, 0.05) is 24.4 Å². The summed E-state index contributed by atoms with van der Waals surface area (Å²) in [5, 5.41) is 2.68. The normalized spacial score (nSPS) is 17.0. The molecule has 0 bridgehead atoms. The van der Waals surface area contributed by atoms with Gasteiger partial charge in [0.15, 0.2) is 0 Å². The predicted octanol–water partition coefficient (Wildman–Crippen LogP) is 2.71. The number of likely N-dealkylation sites (tertiary alicyclic amines) is 1. The summed E-state index contributed by atoms with van der Waals surface area (Å²) in [4.78, 5) is 27.2. The molecule has 1 atom stereocenters. The van der Waals surface area contributed by atoms with E-state index in [1.54, 1.807) is 49.5 Å². The highest BCUT2D eigenvalue weighted by atomic mass is 16.5. The number of nitrogens with two attached hydrogens (primary N) is 2. The van der Waals surface area contributed by atoms with Crippen LogP contribution in [0.4, 0.5) is 5.82 Å². The van der Waals surface area contributed by atoms with Gasteiger partial charge in [-0.2, -0.15) is 0 Å². The van der Waals surface area contributed by atoms with Gasteiger partial charge in [-0.1, -0.05) is 12.2 Å². The molecule has 9 nitrogen and oxygen atoms in total. The topological polar surface area (TPSA) is 131 Å². The molecular weight excluding hydrogens is 418 g/mol. The zero-order valence-electron chi connectivity index (χ0n) is 18.9. The van der Waals surface area contributed by atoms with E-state index in [9.17, 15) is 4.79 Å². The first-order valence-electron chi connectivity index (χ1n) is 10.5. The van der Waals surface area contributed by atoms with Crippen molar-refractivity contribution in [3.05, 3.63) is 71.7 Å². The number of hydrogen-bond acceptors (Lipinski definition) is 7. The lowest BCUT2D eigenvalue weighted by atomic mass is 10.2. The average Bonchev–Trinajstić information content (AvgIpc) is 3.17. The molecule has 1 saturated heterocycles. The van der Waals surface area contributed by atoms with Crippen LogP contribution in [0.1, 0.15) is 29.3 Å². The highest BCUT2D eigenvalue weighted by molar-refractivity contribution is 6.04. The molecule has 1 aliphatic heterocycles. The van der Waals surface area contributed by atoms with Crippen LogP contribution < -0.4 is 21.5 Å². The van der Waals surface area contributed by atoms with Crippen LogP contribution in [0, 0.1) is 0 Å².